The molecule has 6 heteroatoms. The van der Waals surface area contributed by atoms with Crippen LogP contribution in [0, 0.1) is 5.82 Å². The molecule has 0 fully saturated rings. The van der Waals surface area contributed by atoms with E-state index >= 15 is 0 Å². The molecule has 2 aromatic carbocycles. The lowest BCUT2D eigenvalue weighted by molar-refractivity contribution is -0.118. The maximum atomic E-state index is 13.5. The van der Waals surface area contributed by atoms with Crippen molar-refractivity contribution in [2.45, 2.75) is 6.42 Å². The number of ketones is 1. The van der Waals surface area contributed by atoms with Crippen LogP contribution < -0.4 is 14.8 Å². The standard InChI is InChI=1S/C19H14FNO4/c20-13-2-4-16-14(9-13)19(23)12(5-6-24-16)7-11-1-3-17-15(8-11)21-18(22)10-25-17/h1-4,7-9H,5-6,10H2,(H,21,22). The number of halogens is 1. The zero-order valence-electron chi connectivity index (χ0n) is 13.2. The van der Waals surface area contributed by atoms with Crippen molar-refractivity contribution in [3.8, 4) is 11.5 Å². The quantitative estimate of drug-likeness (QED) is 0.811. The van der Waals surface area contributed by atoms with E-state index in [0.717, 1.165) is 5.56 Å². The summed E-state index contributed by atoms with van der Waals surface area (Å²) in [5.41, 5.74) is 2.05. The summed E-state index contributed by atoms with van der Waals surface area (Å²) in [6.45, 7) is 0.326. The Morgan fingerprint density at radius 3 is 2.76 bits per heavy atom. The first-order valence-electron chi connectivity index (χ1n) is 7.84. The minimum absolute atomic E-state index is 0.00832. The topological polar surface area (TPSA) is 64.6 Å². The van der Waals surface area contributed by atoms with Crippen molar-refractivity contribution in [3.05, 3.63) is 58.9 Å². The van der Waals surface area contributed by atoms with Gasteiger partial charge in [-0.2, -0.15) is 0 Å². The number of benzene rings is 2. The zero-order valence-corrected chi connectivity index (χ0v) is 13.2. The second-order valence-corrected chi connectivity index (χ2v) is 5.83. The Morgan fingerprint density at radius 1 is 1.04 bits per heavy atom. The molecule has 25 heavy (non-hydrogen) atoms. The molecule has 2 aliphatic rings. The van der Waals surface area contributed by atoms with Crippen LogP contribution >= 0.6 is 0 Å². The maximum absolute atomic E-state index is 13.5. The summed E-state index contributed by atoms with van der Waals surface area (Å²) in [6.07, 6.45) is 2.14. The van der Waals surface area contributed by atoms with E-state index in [4.69, 9.17) is 9.47 Å². The molecule has 2 aliphatic heterocycles. The molecule has 0 unspecified atom stereocenters. The van der Waals surface area contributed by atoms with Crippen molar-refractivity contribution >= 4 is 23.5 Å². The van der Waals surface area contributed by atoms with E-state index in [0.29, 0.717) is 35.8 Å². The summed E-state index contributed by atoms with van der Waals surface area (Å²) in [4.78, 5) is 24.2. The molecule has 0 radical (unpaired) electrons. The highest BCUT2D eigenvalue weighted by Gasteiger charge is 2.22. The van der Waals surface area contributed by atoms with Gasteiger partial charge in [0.05, 0.1) is 17.9 Å². The Morgan fingerprint density at radius 2 is 1.88 bits per heavy atom. The maximum Gasteiger partial charge on any atom is 0.262 e. The first-order chi connectivity index (χ1) is 12.1. The van der Waals surface area contributed by atoms with E-state index in [2.05, 4.69) is 5.32 Å². The molecule has 2 aromatic rings. The summed E-state index contributed by atoms with van der Waals surface area (Å²) in [5.74, 6) is 0.0156. The first kappa shape index (κ1) is 15.4. The van der Waals surface area contributed by atoms with Gasteiger partial charge in [-0.15, -0.1) is 0 Å². The normalized spacial score (nSPS) is 17.7. The van der Waals surface area contributed by atoms with Crippen LogP contribution in [0.2, 0.25) is 0 Å². The van der Waals surface area contributed by atoms with Crippen LogP contribution in [0.5, 0.6) is 11.5 Å². The van der Waals surface area contributed by atoms with E-state index in [-0.39, 0.29) is 23.9 Å². The van der Waals surface area contributed by atoms with E-state index in [9.17, 15) is 14.0 Å². The number of hydrogen-bond donors (Lipinski definition) is 1. The van der Waals surface area contributed by atoms with Crippen LogP contribution in [0.1, 0.15) is 22.3 Å². The van der Waals surface area contributed by atoms with E-state index in [1.54, 1.807) is 24.3 Å². The van der Waals surface area contributed by atoms with E-state index in [1.807, 2.05) is 0 Å². The molecule has 126 valence electrons. The number of Topliss-reactive ketones (excluding diaryl/α,β-unsaturated/α-hetero) is 1. The third kappa shape index (κ3) is 2.98. The van der Waals surface area contributed by atoms with Crippen molar-refractivity contribution < 1.29 is 23.5 Å². The molecule has 0 saturated carbocycles. The van der Waals surface area contributed by atoms with Gasteiger partial charge in [0, 0.05) is 12.0 Å². The highest BCUT2D eigenvalue weighted by molar-refractivity contribution is 6.13. The molecule has 1 N–H and O–H groups in total. The molecular weight excluding hydrogens is 325 g/mol. The van der Waals surface area contributed by atoms with Crippen molar-refractivity contribution in [3.63, 3.8) is 0 Å². The van der Waals surface area contributed by atoms with Gasteiger partial charge in [0.15, 0.2) is 12.4 Å². The smallest absolute Gasteiger partial charge is 0.262 e. The number of carbonyl (C=O) groups is 2. The lowest BCUT2D eigenvalue weighted by Crippen LogP contribution is -2.25. The van der Waals surface area contributed by atoms with E-state index < -0.39 is 5.82 Å². The number of fused-ring (bicyclic) bond motifs is 2. The summed E-state index contributed by atoms with van der Waals surface area (Å²) < 4.78 is 24.4. The molecule has 0 spiro atoms. The van der Waals surface area contributed by atoms with Gasteiger partial charge in [0.1, 0.15) is 17.3 Å². The average molecular weight is 339 g/mol. The van der Waals surface area contributed by atoms with E-state index in [1.165, 1.54) is 18.2 Å². The molecule has 0 aliphatic carbocycles. The minimum Gasteiger partial charge on any atom is -0.492 e. The van der Waals surface area contributed by atoms with Crippen molar-refractivity contribution in [2.24, 2.45) is 0 Å². The van der Waals surface area contributed by atoms with Gasteiger partial charge in [-0.05, 0) is 42.0 Å². The van der Waals surface area contributed by atoms with Gasteiger partial charge < -0.3 is 14.8 Å². The Bertz CT molecular complexity index is 920. The highest BCUT2D eigenvalue weighted by Crippen LogP contribution is 2.31. The number of amides is 1. The fourth-order valence-electron chi connectivity index (χ4n) is 2.89. The largest absolute Gasteiger partial charge is 0.492 e. The monoisotopic (exact) mass is 339 g/mol. The number of hydrogen-bond acceptors (Lipinski definition) is 4. The molecule has 0 bridgehead atoms. The molecular formula is C19H14FNO4. The fraction of sp³-hybridized carbons (Fsp3) is 0.158. The van der Waals surface area contributed by atoms with Crippen molar-refractivity contribution in [2.75, 3.05) is 18.5 Å². The summed E-state index contributed by atoms with van der Waals surface area (Å²) in [6, 6.07) is 9.22. The van der Waals surface area contributed by atoms with Crippen LogP contribution in [0.25, 0.3) is 6.08 Å². The van der Waals surface area contributed by atoms with Crippen molar-refractivity contribution in [1.82, 2.24) is 0 Å². The second-order valence-electron chi connectivity index (χ2n) is 5.83. The lowest BCUT2D eigenvalue weighted by atomic mass is 9.98. The summed E-state index contributed by atoms with van der Waals surface area (Å²) >= 11 is 0. The Balaban J connectivity index is 1.70. The molecule has 0 aromatic heterocycles. The van der Waals surface area contributed by atoms with Crippen LogP contribution in [0.4, 0.5) is 10.1 Å². The molecule has 0 saturated heterocycles. The minimum atomic E-state index is -0.481. The average Bonchev–Trinajstić information content (AvgIpc) is 2.74. The van der Waals surface area contributed by atoms with Gasteiger partial charge >= 0.3 is 0 Å². The van der Waals surface area contributed by atoms with Crippen LogP contribution in [0.15, 0.2) is 42.0 Å². The summed E-state index contributed by atoms with van der Waals surface area (Å²) in [5, 5.41) is 2.73. The summed E-state index contributed by atoms with van der Waals surface area (Å²) in [7, 11) is 0. The number of rotatable bonds is 1. The molecule has 5 nitrogen and oxygen atoms in total. The first-order valence-corrected chi connectivity index (χ1v) is 7.84. The number of ether oxygens (including phenoxy) is 2. The van der Waals surface area contributed by atoms with Crippen LogP contribution in [0.3, 0.4) is 0 Å². The third-order valence-corrected chi connectivity index (χ3v) is 4.08. The molecule has 4 rings (SSSR count). The second kappa shape index (κ2) is 6.05. The fourth-order valence-corrected chi connectivity index (χ4v) is 2.89. The number of anilines is 1. The molecule has 2 heterocycles. The third-order valence-electron chi connectivity index (χ3n) is 4.08. The predicted octanol–water partition coefficient (Wildman–Crippen LogP) is 3.21. The van der Waals surface area contributed by atoms with Crippen LogP contribution in [-0.4, -0.2) is 24.9 Å². The molecule has 0 atom stereocenters. The number of carbonyl (C=O) groups excluding carboxylic acids is 2. The van der Waals surface area contributed by atoms with Crippen molar-refractivity contribution in [1.29, 1.82) is 0 Å². The van der Waals surface area contributed by atoms with Gasteiger partial charge in [-0.1, -0.05) is 6.07 Å². The number of nitrogens with one attached hydrogen (secondary N) is 1. The SMILES string of the molecule is O=C1COc2ccc(C=C3CCOc4ccc(F)cc4C3=O)cc2N1. The lowest BCUT2D eigenvalue weighted by Gasteiger charge is -2.18. The Labute approximate surface area is 143 Å². The van der Waals surface area contributed by atoms with Gasteiger partial charge in [0.25, 0.3) is 5.91 Å². The Kier molecular flexibility index (Phi) is 3.72. The molecule has 1 amide bonds. The predicted molar refractivity (Wildman–Crippen MR) is 89.4 cm³/mol. The zero-order chi connectivity index (χ0) is 17.4. The van der Waals surface area contributed by atoms with Gasteiger partial charge in [-0.3, -0.25) is 9.59 Å². The van der Waals surface area contributed by atoms with Gasteiger partial charge in [0.2, 0.25) is 0 Å². The Hall–Kier alpha value is -3.15. The highest BCUT2D eigenvalue weighted by atomic mass is 19.1. The van der Waals surface area contributed by atoms with Crippen LogP contribution in [-0.2, 0) is 4.79 Å². The van der Waals surface area contributed by atoms with Gasteiger partial charge in [-0.25, -0.2) is 4.39 Å².